The van der Waals surface area contributed by atoms with Crippen LogP contribution in [0.1, 0.15) is 39.0 Å². The molecular weight excluding hydrogens is 266 g/mol. The molecule has 2 rings (SSSR count). The van der Waals surface area contributed by atoms with Crippen LogP contribution in [0.2, 0.25) is 0 Å². The SMILES string of the molecule is C[C@H](Sc1ccccc1)C(=O)NCCC1=CCCCC1. The van der Waals surface area contributed by atoms with Crippen molar-refractivity contribution in [1.82, 2.24) is 5.32 Å². The Labute approximate surface area is 126 Å². The number of carbonyl (C=O) groups is 1. The van der Waals surface area contributed by atoms with E-state index in [-0.39, 0.29) is 11.2 Å². The second kappa shape index (κ2) is 8.15. The summed E-state index contributed by atoms with van der Waals surface area (Å²) >= 11 is 1.61. The lowest BCUT2D eigenvalue weighted by Crippen LogP contribution is -2.31. The van der Waals surface area contributed by atoms with Crippen molar-refractivity contribution in [3.8, 4) is 0 Å². The lowest BCUT2D eigenvalue weighted by Gasteiger charge is -2.15. The maximum Gasteiger partial charge on any atom is 0.233 e. The summed E-state index contributed by atoms with van der Waals surface area (Å²) in [5, 5.41) is 3.01. The summed E-state index contributed by atoms with van der Waals surface area (Å²) < 4.78 is 0. The number of nitrogens with one attached hydrogen (secondary N) is 1. The third-order valence-electron chi connectivity index (χ3n) is 3.56. The van der Waals surface area contributed by atoms with E-state index >= 15 is 0 Å². The molecule has 20 heavy (non-hydrogen) atoms. The molecule has 1 aromatic carbocycles. The molecule has 3 heteroatoms. The van der Waals surface area contributed by atoms with Gasteiger partial charge in [0.15, 0.2) is 0 Å². The summed E-state index contributed by atoms with van der Waals surface area (Å²) in [7, 11) is 0. The van der Waals surface area contributed by atoms with Gasteiger partial charge in [0.25, 0.3) is 0 Å². The number of carbonyl (C=O) groups excluding carboxylic acids is 1. The van der Waals surface area contributed by atoms with Crippen LogP contribution in [0.4, 0.5) is 0 Å². The van der Waals surface area contributed by atoms with Crippen LogP contribution >= 0.6 is 11.8 Å². The predicted octanol–water partition coefficient (Wildman–Crippen LogP) is 4.17. The Hall–Kier alpha value is -1.22. The average Bonchev–Trinajstić information content (AvgIpc) is 2.49. The number of allylic oxidation sites excluding steroid dienone is 1. The molecule has 0 spiro atoms. The van der Waals surface area contributed by atoms with Gasteiger partial charge >= 0.3 is 0 Å². The smallest absolute Gasteiger partial charge is 0.233 e. The summed E-state index contributed by atoms with van der Waals surface area (Å²) in [5.74, 6) is 0.135. The zero-order valence-corrected chi connectivity index (χ0v) is 12.9. The normalized spacial score (nSPS) is 16.4. The molecule has 1 aromatic rings. The van der Waals surface area contributed by atoms with Crippen LogP contribution in [0.15, 0.2) is 46.9 Å². The summed E-state index contributed by atoms with van der Waals surface area (Å²) in [4.78, 5) is 13.2. The number of thioether (sulfide) groups is 1. The zero-order chi connectivity index (χ0) is 14.2. The Morgan fingerprint density at radius 3 is 2.80 bits per heavy atom. The fourth-order valence-corrected chi connectivity index (χ4v) is 3.29. The molecule has 1 amide bonds. The van der Waals surface area contributed by atoms with E-state index in [0.29, 0.717) is 0 Å². The highest BCUT2D eigenvalue weighted by Crippen LogP contribution is 2.23. The Kier molecular flexibility index (Phi) is 6.19. The monoisotopic (exact) mass is 289 g/mol. The molecule has 0 aromatic heterocycles. The topological polar surface area (TPSA) is 29.1 Å². The van der Waals surface area contributed by atoms with E-state index in [2.05, 4.69) is 11.4 Å². The molecule has 0 unspecified atom stereocenters. The molecule has 1 aliphatic carbocycles. The van der Waals surface area contributed by atoms with Gasteiger partial charge in [0, 0.05) is 11.4 Å². The minimum Gasteiger partial charge on any atom is -0.355 e. The molecule has 0 bridgehead atoms. The first kappa shape index (κ1) is 15.2. The van der Waals surface area contributed by atoms with Crippen molar-refractivity contribution in [2.45, 2.75) is 49.2 Å². The predicted molar refractivity (Wildman–Crippen MR) is 85.9 cm³/mol. The molecule has 0 saturated carbocycles. The third kappa shape index (κ3) is 5.04. The van der Waals surface area contributed by atoms with Crippen LogP contribution in [-0.4, -0.2) is 17.7 Å². The van der Waals surface area contributed by atoms with Gasteiger partial charge in [-0.25, -0.2) is 0 Å². The first-order chi connectivity index (χ1) is 9.75. The average molecular weight is 289 g/mol. The van der Waals surface area contributed by atoms with E-state index in [4.69, 9.17) is 0 Å². The Morgan fingerprint density at radius 1 is 1.30 bits per heavy atom. The van der Waals surface area contributed by atoms with Crippen LogP contribution in [0.5, 0.6) is 0 Å². The van der Waals surface area contributed by atoms with E-state index in [0.717, 1.165) is 17.9 Å². The highest BCUT2D eigenvalue weighted by Gasteiger charge is 2.13. The van der Waals surface area contributed by atoms with Crippen LogP contribution in [0, 0.1) is 0 Å². The van der Waals surface area contributed by atoms with Gasteiger partial charge in [-0.1, -0.05) is 29.8 Å². The van der Waals surface area contributed by atoms with Crippen LogP contribution in [0.3, 0.4) is 0 Å². The van der Waals surface area contributed by atoms with Gasteiger partial charge < -0.3 is 5.32 Å². The maximum atomic E-state index is 12.0. The minimum absolute atomic E-state index is 0.0438. The van der Waals surface area contributed by atoms with Crippen LogP contribution < -0.4 is 5.32 Å². The molecule has 0 aliphatic heterocycles. The molecule has 108 valence electrons. The molecule has 0 saturated heterocycles. The first-order valence-corrected chi connectivity index (χ1v) is 8.31. The highest BCUT2D eigenvalue weighted by atomic mass is 32.2. The van der Waals surface area contributed by atoms with Crippen molar-refractivity contribution >= 4 is 17.7 Å². The zero-order valence-electron chi connectivity index (χ0n) is 12.1. The Morgan fingerprint density at radius 2 is 2.10 bits per heavy atom. The largest absolute Gasteiger partial charge is 0.355 e. The number of rotatable bonds is 6. The van der Waals surface area contributed by atoms with E-state index in [1.807, 2.05) is 37.3 Å². The van der Waals surface area contributed by atoms with Gasteiger partial charge in [-0.15, -0.1) is 11.8 Å². The van der Waals surface area contributed by atoms with E-state index in [9.17, 15) is 4.79 Å². The Bertz CT molecular complexity index is 455. The fraction of sp³-hybridized carbons (Fsp3) is 0.471. The van der Waals surface area contributed by atoms with Crippen molar-refractivity contribution in [2.75, 3.05) is 6.54 Å². The molecule has 1 aliphatic rings. The van der Waals surface area contributed by atoms with Crippen LogP contribution in [0.25, 0.3) is 0 Å². The quantitative estimate of drug-likeness (QED) is 0.629. The fourth-order valence-electron chi connectivity index (χ4n) is 2.38. The number of amides is 1. The van der Waals surface area contributed by atoms with Gasteiger partial charge in [-0.3, -0.25) is 4.79 Å². The van der Waals surface area contributed by atoms with Gasteiger partial charge in [0.1, 0.15) is 0 Å². The third-order valence-corrected chi connectivity index (χ3v) is 4.67. The van der Waals surface area contributed by atoms with Crippen LogP contribution in [-0.2, 0) is 4.79 Å². The number of hydrogen-bond donors (Lipinski definition) is 1. The highest BCUT2D eigenvalue weighted by molar-refractivity contribution is 8.00. The lowest BCUT2D eigenvalue weighted by atomic mass is 9.97. The number of hydrogen-bond acceptors (Lipinski definition) is 2. The van der Waals surface area contributed by atoms with Crippen molar-refractivity contribution in [2.24, 2.45) is 0 Å². The summed E-state index contributed by atoms with van der Waals surface area (Å²) in [6.07, 6.45) is 8.40. The molecule has 2 nitrogen and oxygen atoms in total. The first-order valence-electron chi connectivity index (χ1n) is 7.43. The van der Waals surface area contributed by atoms with Gasteiger partial charge in [-0.2, -0.15) is 0 Å². The van der Waals surface area contributed by atoms with Crippen molar-refractivity contribution in [3.05, 3.63) is 42.0 Å². The van der Waals surface area contributed by atoms with Crippen molar-refractivity contribution in [3.63, 3.8) is 0 Å². The second-order valence-corrected chi connectivity index (χ2v) is 6.64. The van der Waals surface area contributed by atoms with E-state index in [1.54, 1.807) is 11.8 Å². The van der Waals surface area contributed by atoms with Gasteiger partial charge in [-0.05, 0) is 51.2 Å². The number of benzene rings is 1. The second-order valence-electron chi connectivity index (χ2n) is 5.22. The van der Waals surface area contributed by atoms with Crippen molar-refractivity contribution < 1.29 is 4.79 Å². The van der Waals surface area contributed by atoms with Gasteiger partial charge in [0.2, 0.25) is 5.91 Å². The minimum atomic E-state index is -0.0438. The molecule has 0 heterocycles. The molecule has 0 radical (unpaired) electrons. The molecular formula is C17H23NOS. The van der Waals surface area contributed by atoms with Crippen molar-refractivity contribution in [1.29, 1.82) is 0 Å². The molecule has 0 fully saturated rings. The summed E-state index contributed by atoms with van der Waals surface area (Å²) in [6, 6.07) is 10.1. The molecule has 1 atom stereocenters. The van der Waals surface area contributed by atoms with E-state index in [1.165, 1.54) is 31.3 Å². The van der Waals surface area contributed by atoms with E-state index < -0.39 is 0 Å². The summed E-state index contributed by atoms with van der Waals surface area (Å²) in [5.41, 5.74) is 1.51. The summed E-state index contributed by atoms with van der Waals surface area (Å²) in [6.45, 7) is 2.73. The lowest BCUT2D eigenvalue weighted by molar-refractivity contribution is -0.120. The molecule has 1 N–H and O–H groups in total. The maximum absolute atomic E-state index is 12.0. The standard InChI is InChI=1S/C17H23NOS/c1-14(20-16-10-6-3-7-11-16)17(19)18-13-12-15-8-4-2-5-9-15/h3,6-8,10-11,14H,2,4-5,9,12-13H2,1H3,(H,18,19)/t14-/m0/s1. The van der Waals surface area contributed by atoms with Gasteiger partial charge in [0.05, 0.1) is 5.25 Å². The Balaban J connectivity index is 1.70.